The summed E-state index contributed by atoms with van der Waals surface area (Å²) >= 11 is 0. The van der Waals surface area contributed by atoms with Crippen LogP contribution in [0.15, 0.2) is 48.4 Å². The number of hydrogen-bond donors (Lipinski definition) is 1. The maximum absolute atomic E-state index is 10.4. The predicted octanol–water partition coefficient (Wildman–Crippen LogP) is 2.51. The Hall–Kier alpha value is -2.62. The molecule has 0 saturated carbocycles. The van der Waals surface area contributed by atoms with Crippen LogP contribution in [0.1, 0.15) is 33.8 Å². The van der Waals surface area contributed by atoms with E-state index in [0.29, 0.717) is 11.1 Å². The van der Waals surface area contributed by atoms with Crippen molar-refractivity contribution in [2.45, 2.75) is 6.10 Å². The second-order valence-electron chi connectivity index (χ2n) is 3.54. The van der Waals surface area contributed by atoms with Crippen LogP contribution in [0, 0.1) is 22.7 Å². The Bertz CT molecular complexity index is 790. The summed E-state index contributed by atoms with van der Waals surface area (Å²) in [5.74, 6) is 0. The molecule has 1 atom stereocenters. The fourth-order valence-corrected chi connectivity index (χ4v) is 1.42. The molecule has 1 N–H and O–H groups in total. The van der Waals surface area contributed by atoms with E-state index in [2.05, 4.69) is 0 Å². The molecule has 0 aliphatic rings. The van der Waals surface area contributed by atoms with Crippen molar-refractivity contribution in [2.75, 3.05) is 0 Å². The zero-order chi connectivity index (χ0) is 16.4. The second-order valence-corrected chi connectivity index (χ2v) is 3.54. The van der Waals surface area contributed by atoms with Gasteiger partial charge in [-0.25, -0.2) is 0 Å². The van der Waals surface area contributed by atoms with Gasteiger partial charge in [0.25, 0.3) is 0 Å². The van der Waals surface area contributed by atoms with Crippen LogP contribution in [0.4, 0.5) is 0 Å². The molecule has 0 heterocycles. The molecule has 0 fully saturated rings. The van der Waals surface area contributed by atoms with Crippen molar-refractivity contribution in [3.63, 3.8) is 0 Å². The standard InChI is InChI=1S/C15H10N2O/c16-9-11-1-5-13(6-2-11)15(18)14-7-3-12(10-17)4-8-14/h1-8,15,18H/i1D,2D,5D,6D. The Morgan fingerprint density at radius 2 is 1.44 bits per heavy atom. The van der Waals surface area contributed by atoms with Crippen molar-refractivity contribution < 1.29 is 10.6 Å². The molecule has 2 aromatic carbocycles. The van der Waals surface area contributed by atoms with Gasteiger partial charge < -0.3 is 5.11 Å². The Kier molecular flexibility index (Phi) is 2.19. The average molecular weight is 238 g/mol. The topological polar surface area (TPSA) is 67.8 Å². The minimum Gasteiger partial charge on any atom is -0.384 e. The summed E-state index contributed by atoms with van der Waals surface area (Å²) in [6.45, 7) is 0. The molecule has 3 nitrogen and oxygen atoms in total. The number of hydrogen-bond acceptors (Lipinski definition) is 3. The number of benzene rings is 2. The van der Waals surface area contributed by atoms with Gasteiger partial charge in [-0.2, -0.15) is 10.5 Å². The average Bonchev–Trinajstić information content (AvgIpc) is 2.54. The molecule has 0 saturated heterocycles. The van der Waals surface area contributed by atoms with Crippen molar-refractivity contribution >= 4 is 0 Å². The molecule has 86 valence electrons. The largest absolute Gasteiger partial charge is 0.384 e. The van der Waals surface area contributed by atoms with Gasteiger partial charge in [-0.1, -0.05) is 24.2 Å². The minimum absolute atomic E-state index is 0.196. The van der Waals surface area contributed by atoms with Gasteiger partial charge in [-0.05, 0) is 35.3 Å². The van der Waals surface area contributed by atoms with Crippen LogP contribution in [0.2, 0.25) is 0 Å². The van der Waals surface area contributed by atoms with Gasteiger partial charge in [0.15, 0.2) is 0 Å². The number of nitriles is 2. The maximum atomic E-state index is 10.4. The lowest BCUT2D eigenvalue weighted by atomic mass is 10.00. The number of aliphatic hydroxyl groups is 1. The van der Waals surface area contributed by atoms with E-state index in [4.69, 9.17) is 16.0 Å². The molecule has 0 aromatic heterocycles. The molecular weight excluding hydrogens is 224 g/mol. The van der Waals surface area contributed by atoms with E-state index in [9.17, 15) is 5.11 Å². The summed E-state index contributed by atoms with van der Waals surface area (Å²) in [6, 6.07) is 7.64. The Morgan fingerprint density at radius 3 is 1.94 bits per heavy atom. The zero-order valence-corrected chi connectivity index (χ0v) is 9.23. The summed E-state index contributed by atoms with van der Waals surface area (Å²) in [4.78, 5) is 0. The SMILES string of the molecule is [2H]c1c([2H])c(C(O)c2ccc(C#N)cc2)c([2H])c([2H])c1C#N. The summed E-state index contributed by atoms with van der Waals surface area (Å²) in [6.07, 6.45) is -1.38. The van der Waals surface area contributed by atoms with E-state index in [1.165, 1.54) is 24.3 Å². The lowest BCUT2D eigenvalue weighted by Gasteiger charge is -2.11. The Morgan fingerprint density at radius 1 is 0.889 bits per heavy atom. The molecule has 0 aliphatic heterocycles. The first-order valence-corrected chi connectivity index (χ1v) is 5.10. The Labute approximate surface area is 111 Å². The molecule has 3 heteroatoms. The first kappa shape index (κ1) is 7.66. The van der Waals surface area contributed by atoms with E-state index in [0.717, 1.165) is 0 Å². The third kappa shape index (κ3) is 2.38. The highest BCUT2D eigenvalue weighted by Gasteiger charge is 2.10. The molecular formula is C15H10N2O. The van der Waals surface area contributed by atoms with Crippen molar-refractivity contribution in [1.29, 1.82) is 10.5 Å². The van der Waals surface area contributed by atoms with E-state index in [1.807, 2.05) is 6.07 Å². The van der Waals surface area contributed by atoms with Gasteiger partial charge in [0.2, 0.25) is 0 Å². The zero-order valence-electron chi connectivity index (χ0n) is 13.2. The fraction of sp³-hybridized carbons (Fsp3) is 0.0667. The first-order valence-electron chi connectivity index (χ1n) is 7.10. The molecule has 0 aliphatic carbocycles. The molecule has 18 heavy (non-hydrogen) atoms. The van der Waals surface area contributed by atoms with Crippen molar-refractivity contribution in [2.24, 2.45) is 0 Å². The van der Waals surface area contributed by atoms with Gasteiger partial charge in [0, 0.05) is 0 Å². The van der Waals surface area contributed by atoms with Gasteiger partial charge in [0.1, 0.15) is 6.10 Å². The third-order valence-electron chi connectivity index (χ3n) is 2.39. The summed E-state index contributed by atoms with van der Waals surface area (Å²) in [5, 5.41) is 28.0. The molecule has 1 unspecified atom stereocenters. The molecule has 2 rings (SSSR count). The predicted molar refractivity (Wildman–Crippen MR) is 66.4 cm³/mol. The molecule has 2 aromatic rings. The number of aliphatic hydroxyl groups excluding tert-OH is 1. The number of nitrogens with zero attached hydrogens (tertiary/aromatic N) is 2. The van der Waals surface area contributed by atoms with E-state index >= 15 is 0 Å². The quantitative estimate of drug-likeness (QED) is 0.874. The van der Waals surface area contributed by atoms with Crippen molar-refractivity contribution in [1.82, 2.24) is 0 Å². The molecule has 0 amide bonds. The normalized spacial score (nSPS) is 14.4. The summed E-state index contributed by atoms with van der Waals surface area (Å²) in [5.41, 5.74) is 0.185. The Balaban J connectivity index is 2.62. The second kappa shape index (κ2) is 5.14. The van der Waals surface area contributed by atoms with Crippen LogP contribution < -0.4 is 0 Å². The highest BCUT2D eigenvalue weighted by Crippen LogP contribution is 2.22. The monoisotopic (exact) mass is 238 g/mol. The van der Waals surface area contributed by atoms with Crippen LogP contribution in [0.25, 0.3) is 0 Å². The molecule has 0 spiro atoms. The van der Waals surface area contributed by atoms with Gasteiger partial charge in [-0.15, -0.1) is 0 Å². The summed E-state index contributed by atoms with van der Waals surface area (Å²) < 4.78 is 31.2. The van der Waals surface area contributed by atoms with Crippen LogP contribution >= 0.6 is 0 Å². The smallest absolute Gasteiger partial charge is 0.104 e. The lowest BCUT2D eigenvalue weighted by Crippen LogP contribution is -1.99. The van der Waals surface area contributed by atoms with Crippen LogP contribution in [-0.2, 0) is 0 Å². The highest BCUT2D eigenvalue weighted by atomic mass is 16.3. The van der Waals surface area contributed by atoms with E-state index < -0.39 is 30.3 Å². The van der Waals surface area contributed by atoms with E-state index in [-0.39, 0.29) is 11.1 Å². The van der Waals surface area contributed by atoms with Gasteiger partial charge in [0.05, 0.1) is 28.7 Å². The molecule has 0 radical (unpaired) electrons. The van der Waals surface area contributed by atoms with Gasteiger partial charge >= 0.3 is 0 Å². The maximum Gasteiger partial charge on any atom is 0.104 e. The third-order valence-corrected chi connectivity index (χ3v) is 2.39. The van der Waals surface area contributed by atoms with E-state index in [1.54, 1.807) is 6.07 Å². The molecule has 0 bridgehead atoms. The highest BCUT2D eigenvalue weighted by molar-refractivity contribution is 5.38. The summed E-state index contributed by atoms with van der Waals surface area (Å²) in [7, 11) is 0. The van der Waals surface area contributed by atoms with Crippen molar-refractivity contribution in [3.8, 4) is 12.1 Å². The van der Waals surface area contributed by atoms with Gasteiger partial charge in [-0.3, -0.25) is 0 Å². The minimum atomic E-state index is -1.38. The van der Waals surface area contributed by atoms with Crippen LogP contribution in [0.5, 0.6) is 0 Å². The number of rotatable bonds is 2. The lowest BCUT2D eigenvalue weighted by molar-refractivity contribution is 0.220. The first-order chi connectivity index (χ1) is 10.4. The fourth-order valence-electron chi connectivity index (χ4n) is 1.42. The van der Waals surface area contributed by atoms with Crippen molar-refractivity contribution in [3.05, 3.63) is 70.7 Å². The van der Waals surface area contributed by atoms with Crippen LogP contribution in [-0.4, -0.2) is 5.11 Å². The van der Waals surface area contributed by atoms with Crippen LogP contribution in [0.3, 0.4) is 0 Å².